The zero-order chi connectivity index (χ0) is 20.2. The van der Waals surface area contributed by atoms with Crippen molar-refractivity contribution in [2.24, 2.45) is 0 Å². The summed E-state index contributed by atoms with van der Waals surface area (Å²) in [7, 11) is 1.63. The quantitative estimate of drug-likeness (QED) is 0.598. The molecule has 3 heterocycles. The Morgan fingerprint density at radius 1 is 1.21 bits per heavy atom. The Bertz CT molecular complexity index is 949. The van der Waals surface area contributed by atoms with Gasteiger partial charge in [-0.1, -0.05) is 19.1 Å². The Morgan fingerprint density at radius 2 is 1.97 bits per heavy atom. The zero-order valence-corrected chi connectivity index (χ0v) is 17.0. The molecule has 0 radical (unpaired) electrons. The van der Waals surface area contributed by atoms with Crippen LogP contribution in [0.1, 0.15) is 30.1 Å². The molecule has 0 spiro atoms. The lowest BCUT2D eigenvalue weighted by Crippen LogP contribution is -2.36. The van der Waals surface area contributed by atoms with E-state index in [2.05, 4.69) is 39.5 Å². The van der Waals surface area contributed by atoms with Crippen LogP contribution in [0.25, 0.3) is 5.65 Å². The number of nitrogens with one attached hydrogen (secondary N) is 1. The summed E-state index contributed by atoms with van der Waals surface area (Å²) < 4.78 is 12.7. The molecule has 1 atom stereocenters. The summed E-state index contributed by atoms with van der Waals surface area (Å²) in [6.45, 7) is 6.00. The van der Waals surface area contributed by atoms with Crippen molar-refractivity contribution in [1.82, 2.24) is 14.7 Å². The van der Waals surface area contributed by atoms with Crippen LogP contribution in [0, 0.1) is 0 Å². The molecular weight excluding hydrogens is 368 g/mol. The number of ether oxygens (including phenoxy) is 2. The van der Waals surface area contributed by atoms with Crippen molar-refractivity contribution in [2.75, 3.05) is 38.3 Å². The molecule has 0 aliphatic carbocycles. The number of aliphatic hydroxyl groups is 1. The minimum Gasteiger partial charge on any atom is -0.493 e. The SMILES string of the molecule is CCc1nc2c(OC)cccn2c1C(O)NCc1ccc(N2CCOCC2)cc1. The van der Waals surface area contributed by atoms with Crippen LogP contribution in [0.5, 0.6) is 5.75 Å². The second kappa shape index (κ2) is 8.82. The molecule has 3 aromatic rings. The number of methoxy groups -OCH3 is 1. The molecule has 1 aromatic carbocycles. The van der Waals surface area contributed by atoms with E-state index in [1.807, 2.05) is 29.7 Å². The molecule has 7 heteroatoms. The van der Waals surface area contributed by atoms with Gasteiger partial charge in [0, 0.05) is 31.5 Å². The predicted octanol–water partition coefficient (Wildman–Crippen LogP) is 2.52. The van der Waals surface area contributed by atoms with E-state index in [-0.39, 0.29) is 0 Å². The largest absolute Gasteiger partial charge is 0.493 e. The van der Waals surface area contributed by atoms with Gasteiger partial charge in [-0.05, 0) is 36.2 Å². The molecule has 29 heavy (non-hydrogen) atoms. The minimum absolute atomic E-state index is 0.560. The number of aromatic nitrogens is 2. The van der Waals surface area contributed by atoms with E-state index >= 15 is 0 Å². The second-order valence-electron chi connectivity index (χ2n) is 7.12. The molecule has 1 saturated heterocycles. The number of morpholine rings is 1. The molecule has 1 unspecified atom stereocenters. The summed E-state index contributed by atoms with van der Waals surface area (Å²) in [5, 5.41) is 14.1. The van der Waals surface area contributed by atoms with Gasteiger partial charge in [0.1, 0.15) is 6.23 Å². The van der Waals surface area contributed by atoms with Crippen LogP contribution in [-0.4, -0.2) is 47.9 Å². The lowest BCUT2D eigenvalue weighted by atomic mass is 10.1. The highest BCUT2D eigenvalue weighted by molar-refractivity contribution is 5.56. The van der Waals surface area contributed by atoms with Crippen LogP contribution in [0.2, 0.25) is 0 Å². The molecule has 7 nitrogen and oxygen atoms in total. The molecule has 0 saturated carbocycles. The number of imidazole rings is 1. The third-order valence-corrected chi connectivity index (χ3v) is 5.35. The Hall–Kier alpha value is -2.61. The van der Waals surface area contributed by atoms with Crippen molar-refractivity contribution >= 4 is 11.3 Å². The van der Waals surface area contributed by atoms with E-state index in [1.54, 1.807) is 7.11 Å². The third-order valence-electron chi connectivity index (χ3n) is 5.35. The summed E-state index contributed by atoms with van der Waals surface area (Å²) >= 11 is 0. The minimum atomic E-state index is -0.828. The smallest absolute Gasteiger partial charge is 0.180 e. The van der Waals surface area contributed by atoms with Crippen molar-refractivity contribution < 1.29 is 14.6 Å². The van der Waals surface area contributed by atoms with Gasteiger partial charge in [-0.25, -0.2) is 4.98 Å². The van der Waals surface area contributed by atoms with Crippen molar-refractivity contribution in [2.45, 2.75) is 26.1 Å². The predicted molar refractivity (Wildman–Crippen MR) is 112 cm³/mol. The summed E-state index contributed by atoms with van der Waals surface area (Å²) in [4.78, 5) is 6.99. The maximum atomic E-state index is 10.9. The Balaban J connectivity index is 1.47. The molecule has 4 rings (SSSR count). The van der Waals surface area contributed by atoms with Crippen molar-refractivity contribution in [1.29, 1.82) is 0 Å². The fraction of sp³-hybridized carbons (Fsp3) is 0.409. The molecule has 2 N–H and O–H groups in total. The highest BCUT2D eigenvalue weighted by Crippen LogP contribution is 2.25. The number of benzene rings is 1. The van der Waals surface area contributed by atoms with Crippen LogP contribution in [-0.2, 0) is 17.7 Å². The number of nitrogens with zero attached hydrogens (tertiary/aromatic N) is 3. The maximum absolute atomic E-state index is 10.9. The standard InChI is InChI=1S/C22H28N4O3/c1-3-18-20(26-10-4-5-19(28-2)21(26)24-18)22(27)23-15-16-6-8-17(9-7-16)25-11-13-29-14-12-25/h4-10,22-23,27H,3,11-15H2,1-2H3. The number of pyridine rings is 1. The number of hydrogen-bond donors (Lipinski definition) is 2. The highest BCUT2D eigenvalue weighted by Gasteiger charge is 2.20. The van der Waals surface area contributed by atoms with E-state index in [0.29, 0.717) is 12.3 Å². The van der Waals surface area contributed by atoms with Gasteiger partial charge in [0.25, 0.3) is 0 Å². The fourth-order valence-corrected chi connectivity index (χ4v) is 3.77. The van der Waals surface area contributed by atoms with Gasteiger partial charge in [-0.15, -0.1) is 0 Å². The average molecular weight is 396 g/mol. The van der Waals surface area contributed by atoms with Crippen LogP contribution < -0.4 is 15.0 Å². The van der Waals surface area contributed by atoms with Gasteiger partial charge in [-0.2, -0.15) is 0 Å². The zero-order valence-electron chi connectivity index (χ0n) is 17.0. The van der Waals surface area contributed by atoms with E-state index in [1.165, 1.54) is 5.69 Å². The topological polar surface area (TPSA) is 71.3 Å². The van der Waals surface area contributed by atoms with Gasteiger partial charge in [-0.3, -0.25) is 9.72 Å². The van der Waals surface area contributed by atoms with Gasteiger partial charge in [0.15, 0.2) is 11.4 Å². The van der Waals surface area contributed by atoms with Crippen LogP contribution in [0.15, 0.2) is 42.6 Å². The first kappa shape index (κ1) is 19.7. The Kier molecular flexibility index (Phi) is 5.99. The lowest BCUT2D eigenvalue weighted by molar-refractivity contribution is 0.122. The van der Waals surface area contributed by atoms with Crippen molar-refractivity contribution in [3.63, 3.8) is 0 Å². The van der Waals surface area contributed by atoms with Crippen LogP contribution in [0.3, 0.4) is 0 Å². The summed E-state index contributed by atoms with van der Waals surface area (Å²) in [5.74, 6) is 0.694. The molecule has 1 aliphatic heterocycles. The van der Waals surface area contributed by atoms with Gasteiger partial charge in [0.05, 0.1) is 31.7 Å². The first-order valence-corrected chi connectivity index (χ1v) is 10.1. The second-order valence-corrected chi connectivity index (χ2v) is 7.12. The normalized spacial score (nSPS) is 15.6. The number of rotatable bonds is 7. The molecule has 1 fully saturated rings. The summed E-state index contributed by atoms with van der Waals surface area (Å²) in [6, 6.07) is 12.2. The highest BCUT2D eigenvalue weighted by atomic mass is 16.5. The molecule has 154 valence electrons. The molecular formula is C22H28N4O3. The fourth-order valence-electron chi connectivity index (χ4n) is 3.77. The number of aryl methyl sites for hydroxylation is 1. The first-order chi connectivity index (χ1) is 14.2. The molecule has 0 amide bonds. The van der Waals surface area contributed by atoms with Crippen molar-refractivity contribution in [3.05, 3.63) is 59.5 Å². The van der Waals surface area contributed by atoms with Gasteiger partial charge >= 0.3 is 0 Å². The van der Waals surface area contributed by atoms with E-state index in [4.69, 9.17) is 9.47 Å². The maximum Gasteiger partial charge on any atom is 0.180 e. The van der Waals surface area contributed by atoms with Crippen molar-refractivity contribution in [3.8, 4) is 5.75 Å². The summed E-state index contributed by atoms with van der Waals surface area (Å²) in [5.41, 5.74) is 4.66. The van der Waals surface area contributed by atoms with Crippen LogP contribution in [0.4, 0.5) is 5.69 Å². The molecule has 2 aromatic heterocycles. The number of fused-ring (bicyclic) bond motifs is 1. The van der Waals surface area contributed by atoms with Gasteiger partial charge in [0.2, 0.25) is 0 Å². The number of aliphatic hydroxyl groups excluding tert-OH is 1. The third kappa shape index (κ3) is 4.07. The lowest BCUT2D eigenvalue weighted by Gasteiger charge is -2.29. The first-order valence-electron chi connectivity index (χ1n) is 10.1. The summed E-state index contributed by atoms with van der Waals surface area (Å²) in [6.07, 6.45) is 1.81. The van der Waals surface area contributed by atoms with E-state index in [9.17, 15) is 5.11 Å². The van der Waals surface area contributed by atoms with E-state index < -0.39 is 6.23 Å². The van der Waals surface area contributed by atoms with Gasteiger partial charge < -0.3 is 19.5 Å². The monoisotopic (exact) mass is 396 g/mol. The van der Waals surface area contributed by atoms with Crippen LogP contribution >= 0.6 is 0 Å². The van der Waals surface area contributed by atoms with E-state index in [0.717, 1.165) is 55.3 Å². The average Bonchev–Trinajstić information content (AvgIpc) is 3.17. The number of hydrogen-bond acceptors (Lipinski definition) is 6. The molecule has 0 bridgehead atoms. The Morgan fingerprint density at radius 3 is 2.66 bits per heavy atom. The number of anilines is 1. The molecule has 1 aliphatic rings. The Labute approximate surface area is 170 Å².